The lowest BCUT2D eigenvalue weighted by molar-refractivity contribution is -0.127. The van der Waals surface area contributed by atoms with E-state index in [1.807, 2.05) is 18.2 Å². The molecule has 1 fully saturated rings. The van der Waals surface area contributed by atoms with Crippen LogP contribution in [0.4, 0.5) is 0 Å². The highest BCUT2D eigenvalue weighted by Gasteiger charge is 2.21. The van der Waals surface area contributed by atoms with Crippen LogP contribution in [0.1, 0.15) is 11.3 Å². The van der Waals surface area contributed by atoms with Crippen molar-refractivity contribution in [3.63, 3.8) is 0 Å². The molecule has 10 heteroatoms. The molecule has 176 valence electrons. The van der Waals surface area contributed by atoms with E-state index in [9.17, 15) is 4.79 Å². The molecule has 3 rings (SSSR count). The average Bonchev–Trinajstić information content (AvgIpc) is 3.30. The van der Waals surface area contributed by atoms with Crippen LogP contribution in [0.25, 0.3) is 0 Å². The van der Waals surface area contributed by atoms with Crippen molar-refractivity contribution in [3.05, 3.63) is 47.9 Å². The number of likely N-dealkylation sites (N-methyl/N-ethyl adjacent to an activating group) is 1. The van der Waals surface area contributed by atoms with Crippen molar-refractivity contribution >= 4 is 35.8 Å². The average molecular weight is 556 g/mol. The lowest BCUT2D eigenvalue weighted by Gasteiger charge is -2.36. The molecule has 1 aromatic carbocycles. The number of aliphatic imine (C=N–C) groups is 1. The first kappa shape index (κ1) is 25.9. The molecular formula is C22H33IN6O3. The van der Waals surface area contributed by atoms with Crippen LogP contribution in [0.3, 0.4) is 0 Å². The number of amides is 1. The number of methoxy groups -OCH3 is 1. The normalized spacial score (nSPS) is 14.6. The third kappa shape index (κ3) is 7.97. The summed E-state index contributed by atoms with van der Waals surface area (Å²) in [5.41, 5.74) is 2.16. The van der Waals surface area contributed by atoms with Gasteiger partial charge in [-0.3, -0.25) is 9.69 Å². The molecule has 0 atom stereocenters. The smallest absolute Gasteiger partial charge is 0.243 e. The van der Waals surface area contributed by atoms with Crippen LogP contribution in [0.2, 0.25) is 0 Å². The van der Waals surface area contributed by atoms with Gasteiger partial charge in [0.05, 0.1) is 12.8 Å². The second-order valence-corrected chi connectivity index (χ2v) is 7.71. The van der Waals surface area contributed by atoms with Crippen molar-refractivity contribution in [2.75, 3.05) is 60.5 Å². The third-order valence-corrected chi connectivity index (χ3v) is 5.27. The minimum atomic E-state index is -0.0147. The molecule has 1 aliphatic heterocycles. The zero-order valence-electron chi connectivity index (χ0n) is 19.0. The Morgan fingerprint density at radius 1 is 1.19 bits per heavy atom. The van der Waals surface area contributed by atoms with E-state index in [-0.39, 0.29) is 36.4 Å². The number of rotatable bonds is 8. The summed E-state index contributed by atoms with van der Waals surface area (Å²) in [7, 11) is 5.16. The van der Waals surface area contributed by atoms with E-state index in [2.05, 4.69) is 37.4 Å². The van der Waals surface area contributed by atoms with Gasteiger partial charge in [-0.15, -0.1) is 24.0 Å². The molecule has 0 aliphatic carbocycles. The van der Waals surface area contributed by atoms with Gasteiger partial charge in [0.2, 0.25) is 5.91 Å². The number of nitrogens with zero attached hydrogens (tertiary/aromatic N) is 5. The standard InChI is InChI=1S/C22H32N6O3.HI/c1-26(2)21(29)16-24-22(23-10-8-18-4-6-20(30-3)7-5-18)28-13-11-27(12-14-28)17-19-9-15-31-25-19;/h4-7,9,15H,8,10-14,16-17H2,1-3H3,(H,23,24);1H. The van der Waals surface area contributed by atoms with Crippen molar-refractivity contribution in [1.29, 1.82) is 0 Å². The van der Waals surface area contributed by atoms with Gasteiger partial charge in [-0.2, -0.15) is 0 Å². The van der Waals surface area contributed by atoms with E-state index in [1.165, 1.54) is 5.56 Å². The summed E-state index contributed by atoms with van der Waals surface area (Å²) in [5, 5.41) is 7.44. The number of hydrogen-bond donors (Lipinski definition) is 1. The SMILES string of the molecule is COc1ccc(CCNC(=NCC(=O)N(C)C)N2CCN(Cc3ccon3)CC2)cc1.I. The van der Waals surface area contributed by atoms with Crippen LogP contribution in [0, 0.1) is 0 Å². The number of carbonyl (C=O) groups is 1. The fraction of sp³-hybridized carbons (Fsp3) is 0.500. The van der Waals surface area contributed by atoms with Gasteiger partial charge in [0.25, 0.3) is 0 Å². The largest absolute Gasteiger partial charge is 0.497 e. The number of nitrogens with one attached hydrogen (secondary N) is 1. The molecule has 9 nitrogen and oxygen atoms in total. The Balaban J connectivity index is 0.00000363. The number of piperazine rings is 1. The summed E-state index contributed by atoms with van der Waals surface area (Å²) in [6.45, 7) is 5.12. The Kier molecular flexibility index (Phi) is 10.7. The zero-order chi connectivity index (χ0) is 22.1. The molecule has 0 spiro atoms. The maximum absolute atomic E-state index is 12.1. The summed E-state index contributed by atoms with van der Waals surface area (Å²) in [5.74, 6) is 1.62. The maximum Gasteiger partial charge on any atom is 0.243 e. The molecule has 2 aromatic rings. The van der Waals surface area contributed by atoms with E-state index in [0.717, 1.165) is 63.1 Å². The van der Waals surface area contributed by atoms with Crippen LogP contribution >= 0.6 is 24.0 Å². The molecule has 1 N–H and O–H groups in total. The monoisotopic (exact) mass is 556 g/mol. The van der Waals surface area contributed by atoms with Gasteiger partial charge in [-0.25, -0.2) is 4.99 Å². The molecule has 1 saturated heterocycles. The van der Waals surface area contributed by atoms with Gasteiger partial charge in [-0.05, 0) is 24.1 Å². The van der Waals surface area contributed by atoms with Gasteiger partial charge >= 0.3 is 0 Å². The van der Waals surface area contributed by atoms with Gasteiger partial charge in [0.15, 0.2) is 5.96 Å². The highest BCUT2D eigenvalue weighted by atomic mass is 127. The molecule has 1 amide bonds. The lowest BCUT2D eigenvalue weighted by atomic mass is 10.1. The second-order valence-electron chi connectivity index (χ2n) is 7.71. The quantitative estimate of drug-likeness (QED) is 0.301. The minimum Gasteiger partial charge on any atom is -0.497 e. The fourth-order valence-electron chi connectivity index (χ4n) is 3.33. The molecule has 0 radical (unpaired) electrons. The van der Waals surface area contributed by atoms with Crippen LogP contribution in [0.5, 0.6) is 5.75 Å². The third-order valence-electron chi connectivity index (χ3n) is 5.27. The minimum absolute atomic E-state index is 0. The van der Waals surface area contributed by atoms with Crippen LogP contribution < -0.4 is 10.1 Å². The molecule has 2 heterocycles. The van der Waals surface area contributed by atoms with Crippen molar-refractivity contribution in [3.8, 4) is 5.75 Å². The van der Waals surface area contributed by atoms with Crippen molar-refractivity contribution in [1.82, 2.24) is 25.2 Å². The van der Waals surface area contributed by atoms with E-state index >= 15 is 0 Å². The number of carbonyl (C=O) groups excluding carboxylic acids is 1. The summed E-state index contributed by atoms with van der Waals surface area (Å²) in [6, 6.07) is 9.96. The maximum atomic E-state index is 12.1. The van der Waals surface area contributed by atoms with Gasteiger partial charge in [0.1, 0.15) is 18.6 Å². The van der Waals surface area contributed by atoms with Gasteiger partial charge < -0.3 is 24.4 Å². The highest BCUT2D eigenvalue weighted by molar-refractivity contribution is 14.0. The molecule has 0 saturated carbocycles. The van der Waals surface area contributed by atoms with E-state index in [0.29, 0.717) is 0 Å². The topological polar surface area (TPSA) is 86.4 Å². The first-order valence-electron chi connectivity index (χ1n) is 10.5. The predicted molar refractivity (Wildman–Crippen MR) is 134 cm³/mol. The van der Waals surface area contributed by atoms with E-state index in [4.69, 9.17) is 9.26 Å². The Bertz CT molecular complexity index is 834. The molecule has 1 aromatic heterocycles. The fourth-order valence-corrected chi connectivity index (χ4v) is 3.33. The number of hydrogen-bond acceptors (Lipinski definition) is 6. The van der Waals surface area contributed by atoms with Crippen molar-refractivity contribution in [2.45, 2.75) is 13.0 Å². The molecule has 1 aliphatic rings. The van der Waals surface area contributed by atoms with Gasteiger partial charge in [-0.1, -0.05) is 17.3 Å². The second kappa shape index (κ2) is 13.3. The highest BCUT2D eigenvalue weighted by Crippen LogP contribution is 2.12. The first-order chi connectivity index (χ1) is 15.0. The lowest BCUT2D eigenvalue weighted by Crippen LogP contribution is -2.52. The number of halogens is 1. The van der Waals surface area contributed by atoms with Crippen LogP contribution in [-0.4, -0.2) is 92.2 Å². The number of guanidine groups is 1. The molecule has 32 heavy (non-hydrogen) atoms. The van der Waals surface area contributed by atoms with Crippen molar-refractivity contribution in [2.24, 2.45) is 4.99 Å². The summed E-state index contributed by atoms with van der Waals surface area (Å²) in [4.78, 5) is 22.8. The Morgan fingerprint density at radius 2 is 1.91 bits per heavy atom. The molecule has 0 bridgehead atoms. The Morgan fingerprint density at radius 3 is 2.50 bits per heavy atom. The zero-order valence-corrected chi connectivity index (χ0v) is 21.3. The van der Waals surface area contributed by atoms with Crippen molar-refractivity contribution < 1.29 is 14.1 Å². The van der Waals surface area contributed by atoms with Gasteiger partial charge in [0, 0.05) is 59.4 Å². The number of ether oxygens (including phenoxy) is 1. The van der Waals surface area contributed by atoms with Crippen LogP contribution in [0.15, 0.2) is 46.1 Å². The van der Waals surface area contributed by atoms with E-state index < -0.39 is 0 Å². The number of benzene rings is 1. The Labute approximate surface area is 206 Å². The van der Waals surface area contributed by atoms with E-state index in [1.54, 1.807) is 32.4 Å². The molecule has 0 unspecified atom stereocenters. The molecular weight excluding hydrogens is 523 g/mol. The first-order valence-corrected chi connectivity index (χ1v) is 10.5. The predicted octanol–water partition coefficient (Wildman–Crippen LogP) is 1.70. The van der Waals surface area contributed by atoms with Crippen LogP contribution in [-0.2, 0) is 17.8 Å². The summed E-state index contributed by atoms with van der Waals surface area (Å²) in [6.07, 6.45) is 2.46. The Hall–Kier alpha value is -2.34. The summed E-state index contributed by atoms with van der Waals surface area (Å²) >= 11 is 0. The summed E-state index contributed by atoms with van der Waals surface area (Å²) < 4.78 is 10.1. The number of aromatic nitrogens is 1.